The van der Waals surface area contributed by atoms with Gasteiger partial charge in [0, 0.05) is 11.1 Å². The van der Waals surface area contributed by atoms with Gasteiger partial charge in [-0.1, -0.05) is 5.16 Å². The van der Waals surface area contributed by atoms with E-state index in [1.807, 2.05) is 0 Å². The molecule has 0 spiro atoms. The van der Waals surface area contributed by atoms with Crippen molar-refractivity contribution >= 4 is 5.91 Å². The summed E-state index contributed by atoms with van der Waals surface area (Å²) in [7, 11) is 7.55. The number of nitrogens with zero attached hydrogens (tertiary/aromatic N) is 2. The SMILES string of the molecule is COc1ccc(-c2noc(CNC(=O)c3cc(OC)c(OC)c(OC)c3)n2)cc1OC. The van der Waals surface area contributed by atoms with Crippen LogP contribution in [0.3, 0.4) is 0 Å². The van der Waals surface area contributed by atoms with Crippen LogP contribution in [0.1, 0.15) is 16.2 Å². The maximum atomic E-state index is 12.6. The summed E-state index contributed by atoms with van der Waals surface area (Å²) in [5, 5.41) is 6.68. The number of hydrogen-bond donors (Lipinski definition) is 1. The fourth-order valence-corrected chi connectivity index (χ4v) is 2.89. The summed E-state index contributed by atoms with van der Waals surface area (Å²) in [5.74, 6) is 2.52. The largest absolute Gasteiger partial charge is 0.493 e. The quantitative estimate of drug-likeness (QED) is 0.548. The zero-order valence-corrected chi connectivity index (χ0v) is 17.8. The molecule has 0 radical (unpaired) electrons. The molecule has 3 rings (SSSR count). The van der Waals surface area contributed by atoms with Crippen LogP contribution in [0.15, 0.2) is 34.9 Å². The zero-order valence-electron chi connectivity index (χ0n) is 17.8. The Morgan fingerprint density at radius 1 is 0.871 bits per heavy atom. The van der Waals surface area contributed by atoms with Crippen LogP contribution >= 0.6 is 0 Å². The van der Waals surface area contributed by atoms with Gasteiger partial charge in [0.15, 0.2) is 23.0 Å². The van der Waals surface area contributed by atoms with Crippen LogP contribution in [-0.2, 0) is 6.54 Å². The first-order valence-corrected chi connectivity index (χ1v) is 9.17. The van der Waals surface area contributed by atoms with Gasteiger partial charge in [0.05, 0.1) is 42.1 Å². The first kappa shape index (κ1) is 21.8. The van der Waals surface area contributed by atoms with Crippen LogP contribution in [0.2, 0.25) is 0 Å². The van der Waals surface area contributed by atoms with Gasteiger partial charge in [0.25, 0.3) is 5.91 Å². The second kappa shape index (κ2) is 9.70. The lowest BCUT2D eigenvalue weighted by Gasteiger charge is -2.13. The van der Waals surface area contributed by atoms with E-state index >= 15 is 0 Å². The topological polar surface area (TPSA) is 114 Å². The van der Waals surface area contributed by atoms with E-state index in [1.165, 1.54) is 21.3 Å². The van der Waals surface area contributed by atoms with Crippen LogP contribution in [0, 0.1) is 0 Å². The van der Waals surface area contributed by atoms with Crippen molar-refractivity contribution in [3.05, 3.63) is 41.8 Å². The highest BCUT2D eigenvalue weighted by atomic mass is 16.5. The summed E-state index contributed by atoms with van der Waals surface area (Å²) in [6.07, 6.45) is 0. The van der Waals surface area contributed by atoms with E-state index in [0.29, 0.717) is 45.7 Å². The number of carbonyl (C=O) groups is 1. The Bertz CT molecular complexity index is 1040. The van der Waals surface area contributed by atoms with Crippen molar-refractivity contribution in [3.8, 4) is 40.1 Å². The summed E-state index contributed by atoms with van der Waals surface area (Å²) < 4.78 is 31.6. The summed E-state index contributed by atoms with van der Waals surface area (Å²) in [4.78, 5) is 16.9. The molecule has 1 amide bonds. The predicted molar refractivity (Wildman–Crippen MR) is 110 cm³/mol. The highest BCUT2D eigenvalue weighted by molar-refractivity contribution is 5.95. The van der Waals surface area contributed by atoms with Crippen LogP contribution < -0.4 is 29.0 Å². The van der Waals surface area contributed by atoms with Crippen molar-refractivity contribution in [1.82, 2.24) is 15.5 Å². The van der Waals surface area contributed by atoms with E-state index in [1.54, 1.807) is 44.6 Å². The first-order valence-electron chi connectivity index (χ1n) is 9.17. The molecule has 0 aliphatic rings. The highest BCUT2D eigenvalue weighted by Crippen LogP contribution is 2.38. The third kappa shape index (κ3) is 4.63. The van der Waals surface area contributed by atoms with Crippen LogP contribution in [-0.4, -0.2) is 51.6 Å². The molecule has 0 bridgehead atoms. The molecule has 1 N–H and O–H groups in total. The standard InChI is InChI=1S/C21H23N3O7/c1-26-14-7-6-12(8-15(14)27-2)20-23-18(31-24-20)11-22-21(25)13-9-16(28-3)19(30-5)17(10-13)29-4/h6-10H,11H2,1-5H3,(H,22,25). The monoisotopic (exact) mass is 429 g/mol. The molecule has 3 aromatic rings. The number of benzene rings is 2. The first-order chi connectivity index (χ1) is 15.0. The van der Waals surface area contributed by atoms with Gasteiger partial charge >= 0.3 is 0 Å². The van der Waals surface area contributed by atoms with E-state index in [4.69, 9.17) is 28.2 Å². The van der Waals surface area contributed by atoms with Crippen molar-refractivity contribution in [3.63, 3.8) is 0 Å². The minimum atomic E-state index is -0.370. The third-order valence-electron chi connectivity index (χ3n) is 4.44. The molecular weight excluding hydrogens is 406 g/mol. The number of aromatic nitrogens is 2. The molecule has 10 heteroatoms. The van der Waals surface area contributed by atoms with E-state index in [2.05, 4.69) is 15.5 Å². The molecule has 10 nitrogen and oxygen atoms in total. The predicted octanol–water partition coefficient (Wildman–Crippen LogP) is 2.71. The Labute approximate surface area is 179 Å². The number of methoxy groups -OCH3 is 5. The normalized spacial score (nSPS) is 10.4. The van der Waals surface area contributed by atoms with Gasteiger partial charge in [0.2, 0.25) is 17.5 Å². The van der Waals surface area contributed by atoms with Crippen molar-refractivity contribution in [2.24, 2.45) is 0 Å². The van der Waals surface area contributed by atoms with Gasteiger partial charge in [-0.15, -0.1) is 0 Å². The van der Waals surface area contributed by atoms with Gasteiger partial charge in [0.1, 0.15) is 0 Å². The minimum absolute atomic E-state index is 0.0375. The van der Waals surface area contributed by atoms with Crippen molar-refractivity contribution in [2.45, 2.75) is 6.54 Å². The molecule has 2 aromatic carbocycles. The summed E-state index contributed by atoms with van der Waals surface area (Å²) in [6, 6.07) is 8.38. The Hall–Kier alpha value is -3.95. The van der Waals surface area contributed by atoms with Crippen molar-refractivity contribution in [2.75, 3.05) is 35.5 Å². The molecule has 0 saturated heterocycles. The van der Waals surface area contributed by atoms with Crippen LogP contribution in [0.25, 0.3) is 11.4 Å². The molecule has 1 aromatic heterocycles. The summed E-state index contributed by atoms with van der Waals surface area (Å²) in [6.45, 7) is 0.0375. The van der Waals surface area contributed by atoms with E-state index in [0.717, 1.165) is 0 Å². The maximum absolute atomic E-state index is 12.6. The van der Waals surface area contributed by atoms with E-state index in [9.17, 15) is 4.79 Å². The average molecular weight is 429 g/mol. The lowest BCUT2D eigenvalue weighted by molar-refractivity contribution is 0.0945. The van der Waals surface area contributed by atoms with Gasteiger partial charge < -0.3 is 33.5 Å². The molecule has 0 unspecified atom stereocenters. The average Bonchev–Trinajstić information content (AvgIpc) is 3.29. The smallest absolute Gasteiger partial charge is 0.251 e. The lowest BCUT2D eigenvalue weighted by atomic mass is 10.1. The highest BCUT2D eigenvalue weighted by Gasteiger charge is 2.18. The molecule has 0 aliphatic carbocycles. The van der Waals surface area contributed by atoms with E-state index < -0.39 is 0 Å². The number of carbonyl (C=O) groups excluding carboxylic acids is 1. The number of amides is 1. The number of nitrogens with one attached hydrogen (secondary N) is 1. The van der Waals surface area contributed by atoms with Gasteiger partial charge in [-0.25, -0.2) is 0 Å². The van der Waals surface area contributed by atoms with Crippen molar-refractivity contribution < 1.29 is 33.0 Å². The second-order valence-corrected chi connectivity index (χ2v) is 6.18. The maximum Gasteiger partial charge on any atom is 0.251 e. The van der Waals surface area contributed by atoms with Crippen LogP contribution in [0.4, 0.5) is 0 Å². The van der Waals surface area contributed by atoms with E-state index in [-0.39, 0.29) is 18.3 Å². The number of ether oxygens (including phenoxy) is 5. The Kier molecular flexibility index (Phi) is 6.81. The Balaban J connectivity index is 1.73. The molecule has 0 aliphatic heterocycles. The number of hydrogen-bond acceptors (Lipinski definition) is 9. The second-order valence-electron chi connectivity index (χ2n) is 6.18. The molecule has 164 valence electrons. The third-order valence-corrected chi connectivity index (χ3v) is 4.44. The fraction of sp³-hybridized carbons (Fsp3) is 0.286. The molecule has 0 atom stereocenters. The van der Waals surface area contributed by atoms with Gasteiger partial charge in [-0.3, -0.25) is 4.79 Å². The molecule has 1 heterocycles. The summed E-state index contributed by atoms with van der Waals surface area (Å²) in [5.41, 5.74) is 1.01. The molecule has 31 heavy (non-hydrogen) atoms. The Morgan fingerprint density at radius 3 is 2.10 bits per heavy atom. The zero-order chi connectivity index (χ0) is 22.4. The van der Waals surface area contributed by atoms with Crippen molar-refractivity contribution in [1.29, 1.82) is 0 Å². The molecule has 0 fully saturated rings. The molecular formula is C21H23N3O7. The fourth-order valence-electron chi connectivity index (χ4n) is 2.89. The van der Waals surface area contributed by atoms with Crippen LogP contribution in [0.5, 0.6) is 28.7 Å². The Morgan fingerprint density at radius 2 is 1.52 bits per heavy atom. The minimum Gasteiger partial charge on any atom is -0.493 e. The number of rotatable bonds is 9. The summed E-state index contributed by atoms with van der Waals surface area (Å²) >= 11 is 0. The molecule has 0 saturated carbocycles. The van der Waals surface area contributed by atoms with Gasteiger partial charge in [-0.05, 0) is 30.3 Å². The lowest BCUT2D eigenvalue weighted by Crippen LogP contribution is -2.23. The van der Waals surface area contributed by atoms with Gasteiger partial charge in [-0.2, -0.15) is 4.98 Å².